The molecule has 0 saturated heterocycles. The van der Waals surface area contributed by atoms with Crippen molar-refractivity contribution < 1.29 is 18.4 Å². The monoisotopic (exact) mass is 346 g/mol. The Hall–Kier alpha value is -2.77. The molecular formula is C17H19FN4O3. The molecule has 0 aliphatic carbocycles. The van der Waals surface area contributed by atoms with Gasteiger partial charge >= 0.3 is 0 Å². The molecule has 0 atom stereocenters. The predicted octanol–water partition coefficient (Wildman–Crippen LogP) is 2.77. The molecule has 1 aliphatic rings. The lowest BCUT2D eigenvalue weighted by Gasteiger charge is -2.23. The first kappa shape index (κ1) is 17.1. The van der Waals surface area contributed by atoms with Crippen molar-refractivity contribution in [2.45, 2.75) is 33.3 Å². The Kier molecular flexibility index (Phi) is 5.06. The van der Waals surface area contributed by atoms with E-state index >= 15 is 0 Å². The average Bonchev–Trinajstić information content (AvgIpc) is 3.05. The van der Waals surface area contributed by atoms with Crippen molar-refractivity contribution in [2.75, 3.05) is 6.54 Å². The van der Waals surface area contributed by atoms with Gasteiger partial charge in [-0.2, -0.15) is 10.1 Å². The fraction of sp³-hybridized carbons (Fsp3) is 0.412. The van der Waals surface area contributed by atoms with Gasteiger partial charge in [0.25, 0.3) is 5.89 Å². The summed E-state index contributed by atoms with van der Waals surface area (Å²) in [5.41, 5.74) is 0.598. The highest BCUT2D eigenvalue weighted by Gasteiger charge is 2.25. The van der Waals surface area contributed by atoms with E-state index in [1.165, 1.54) is 29.3 Å². The Labute approximate surface area is 144 Å². The van der Waals surface area contributed by atoms with Gasteiger partial charge in [0.1, 0.15) is 17.3 Å². The molecule has 1 aromatic heterocycles. The number of halogens is 1. The molecular weight excluding hydrogens is 327 g/mol. The molecule has 0 N–H and O–H groups in total. The van der Waals surface area contributed by atoms with E-state index in [1.54, 1.807) is 0 Å². The zero-order valence-electron chi connectivity index (χ0n) is 14.1. The van der Waals surface area contributed by atoms with Crippen LogP contribution in [0.3, 0.4) is 0 Å². The van der Waals surface area contributed by atoms with Crippen LogP contribution in [-0.2, 0) is 11.4 Å². The smallest absolute Gasteiger partial charge is 0.274 e. The van der Waals surface area contributed by atoms with E-state index < -0.39 is 0 Å². The van der Waals surface area contributed by atoms with Crippen molar-refractivity contribution in [3.05, 3.63) is 41.8 Å². The summed E-state index contributed by atoms with van der Waals surface area (Å²) < 4.78 is 23.6. The van der Waals surface area contributed by atoms with Gasteiger partial charge < -0.3 is 9.26 Å². The second kappa shape index (κ2) is 7.42. The average molecular weight is 346 g/mol. The SMILES string of the molecule is CC(C)CN1N=C(c2nc(COc3ccc(F)cc3)no2)CCC1=O. The number of carbonyl (C=O) groups is 1. The van der Waals surface area contributed by atoms with Gasteiger partial charge in [-0.15, -0.1) is 0 Å². The highest BCUT2D eigenvalue weighted by Crippen LogP contribution is 2.16. The number of hydrogen-bond donors (Lipinski definition) is 0. The van der Waals surface area contributed by atoms with Crippen LogP contribution in [0.25, 0.3) is 0 Å². The van der Waals surface area contributed by atoms with Crippen LogP contribution in [0, 0.1) is 11.7 Å². The lowest BCUT2D eigenvalue weighted by Crippen LogP contribution is -2.34. The van der Waals surface area contributed by atoms with E-state index in [2.05, 4.69) is 15.2 Å². The zero-order chi connectivity index (χ0) is 17.8. The Balaban J connectivity index is 1.66. The van der Waals surface area contributed by atoms with Gasteiger partial charge in [0.15, 0.2) is 6.61 Å². The van der Waals surface area contributed by atoms with Crippen molar-refractivity contribution in [1.82, 2.24) is 15.1 Å². The van der Waals surface area contributed by atoms with Crippen molar-refractivity contribution in [2.24, 2.45) is 11.0 Å². The number of carbonyl (C=O) groups excluding carboxylic acids is 1. The molecule has 0 fully saturated rings. The van der Waals surface area contributed by atoms with Crippen LogP contribution in [-0.4, -0.2) is 33.3 Å². The number of nitrogens with zero attached hydrogens (tertiary/aromatic N) is 4. The molecule has 8 heteroatoms. The Morgan fingerprint density at radius 1 is 1.28 bits per heavy atom. The summed E-state index contributed by atoms with van der Waals surface area (Å²) in [6.45, 7) is 4.69. The summed E-state index contributed by atoms with van der Waals surface area (Å²) in [6, 6.07) is 5.68. The summed E-state index contributed by atoms with van der Waals surface area (Å²) in [6.07, 6.45) is 0.837. The first-order valence-corrected chi connectivity index (χ1v) is 8.10. The van der Waals surface area contributed by atoms with Gasteiger partial charge in [-0.05, 0) is 30.2 Å². The van der Waals surface area contributed by atoms with Crippen LogP contribution in [0.2, 0.25) is 0 Å². The molecule has 0 saturated carbocycles. The predicted molar refractivity (Wildman–Crippen MR) is 87.4 cm³/mol. The number of amides is 1. The summed E-state index contributed by atoms with van der Waals surface area (Å²) >= 11 is 0. The fourth-order valence-electron chi connectivity index (χ4n) is 2.35. The van der Waals surface area contributed by atoms with Gasteiger partial charge in [0.05, 0.1) is 0 Å². The molecule has 3 rings (SSSR count). The zero-order valence-corrected chi connectivity index (χ0v) is 14.1. The quantitative estimate of drug-likeness (QED) is 0.803. The lowest BCUT2D eigenvalue weighted by molar-refractivity contribution is -0.132. The number of benzene rings is 1. The number of hydrazone groups is 1. The number of rotatable bonds is 6. The van der Waals surface area contributed by atoms with Crippen molar-refractivity contribution in [1.29, 1.82) is 0 Å². The van der Waals surface area contributed by atoms with Gasteiger partial charge in [0, 0.05) is 19.4 Å². The number of aromatic nitrogens is 2. The summed E-state index contributed by atoms with van der Waals surface area (Å²) in [7, 11) is 0. The van der Waals surface area contributed by atoms with Crippen molar-refractivity contribution in [3.63, 3.8) is 0 Å². The second-order valence-corrected chi connectivity index (χ2v) is 6.17. The highest BCUT2D eigenvalue weighted by atomic mass is 19.1. The minimum absolute atomic E-state index is 0.00293. The summed E-state index contributed by atoms with van der Waals surface area (Å²) in [4.78, 5) is 16.2. The molecule has 7 nitrogen and oxygen atoms in total. The van der Waals surface area contributed by atoms with Gasteiger partial charge in [0.2, 0.25) is 11.7 Å². The standard InChI is InChI=1S/C17H19FN4O3/c1-11(2)9-22-16(23)8-7-14(20-22)17-19-15(21-25-17)10-24-13-5-3-12(18)4-6-13/h3-6,11H,7-10H2,1-2H3. The molecule has 25 heavy (non-hydrogen) atoms. The topological polar surface area (TPSA) is 80.8 Å². The molecule has 0 radical (unpaired) electrons. The van der Waals surface area contributed by atoms with E-state index in [-0.39, 0.29) is 18.3 Å². The molecule has 1 aliphatic heterocycles. The minimum atomic E-state index is -0.329. The van der Waals surface area contributed by atoms with E-state index in [0.717, 1.165) is 0 Å². The van der Waals surface area contributed by atoms with Crippen molar-refractivity contribution in [3.8, 4) is 5.75 Å². The van der Waals surface area contributed by atoms with Crippen LogP contribution in [0.5, 0.6) is 5.75 Å². The number of hydrogen-bond acceptors (Lipinski definition) is 6. The maximum absolute atomic E-state index is 12.9. The summed E-state index contributed by atoms with van der Waals surface area (Å²) in [5.74, 6) is 1.14. The van der Waals surface area contributed by atoms with Crippen molar-refractivity contribution >= 4 is 11.6 Å². The third kappa shape index (κ3) is 4.40. The maximum atomic E-state index is 12.9. The molecule has 0 bridgehead atoms. The third-order valence-corrected chi connectivity index (χ3v) is 3.54. The van der Waals surface area contributed by atoms with E-state index in [9.17, 15) is 9.18 Å². The largest absolute Gasteiger partial charge is 0.485 e. The van der Waals surface area contributed by atoms with Crippen LogP contribution >= 0.6 is 0 Å². The Bertz CT molecular complexity index is 770. The maximum Gasteiger partial charge on any atom is 0.274 e. The van der Waals surface area contributed by atoms with Crippen LogP contribution in [0.1, 0.15) is 38.4 Å². The first-order chi connectivity index (χ1) is 12.0. The Morgan fingerprint density at radius 2 is 2.04 bits per heavy atom. The van der Waals surface area contributed by atoms with E-state index in [0.29, 0.717) is 48.5 Å². The molecule has 2 aromatic rings. The van der Waals surface area contributed by atoms with Gasteiger partial charge in [-0.3, -0.25) is 4.79 Å². The molecule has 1 amide bonds. The lowest BCUT2D eigenvalue weighted by atomic mass is 10.1. The van der Waals surface area contributed by atoms with Gasteiger partial charge in [-0.1, -0.05) is 19.0 Å². The Morgan fingerprint density at radius 3 is 2.76 bits per heavy atom. The normalized spacial score (nSPS) is 14.8. The first-order valence-electron chi connectivity index (χ1n) is 8.10. The van der Waals surface area contributed by atoms with Crippen LogP contribution in [0.4, 0.5) is 4.39 Å². The molecule has 132 valence electrons. The summed E-state index contributed by atoms with van der Waals surface area (Å²) in [5, 5.41) is 9.66. The molecule has 2 heterocycles. The minimum Gasteiger partial charge on any atom is -0.485 e. The fourth-order valence-corrected chi connectivity index (χ4v) is 2.35. The van der Waals surface area contributed by atoms with Crippen LogP contribution in [0.15, 0.2) is 33.9 Å². The molecule has 0 spiro atoms. The van der Waals surface area contributed by atoms with E-state index in [1.807, 2.05) is 13.8 Å². The van der Waals surface area contributed by atoms with E-state index in [4.69, 9.17) is 9.26 Å². The van der Waals surface area contributed by atoms with Gasteiger partial charge in [-0.25, -0.2) is 9.40 Å². The molecule has 0 unspecified atom stereocenters. The number of ether oxygens (including phenoxy) is 1. The third-order valence-electron chi connectivity index (χ3n) is 3.54. The van der Waals surface area contributed by atoms with Crippen LogP contribution < -0.4 is 4.74 Å². The molecule has 1 aromatic carbocycles. The highest BCUT2D eigenvalue weighted by molar-refractivity contribution is 6.00. The second-order valence-electron chi connectivity index (χ2n) is 6.17.